The van der Waals surface area contributed by atoms with Gasteiger partial charge in [-0.1, -0.05) is 0 Å². The zero-order chi connectivity index (χ0) is 15.1. The van der Waals surface area contributed by atoms with Crippen molar-refractivity contribution in [2.24, 2.45) is 0 Å². The average molecular weight is 274 g/mol. The molecule has 0 rings (SSSR count). The second kappa shape index (κ2) is 7.99. The topological polar surface area (TPSA) is 87.7 Å². The van der Waals surface area contributed by atoms with Gasteiger partial charge in [-0.25, -0.2) is 4.79 Å². The number of nitrogens with one attached hydrogen (secondary N) is 2. The van der Waals surface area contributed by atoms with E-state index in [-0.39, 0.29) is 18.5 Å². The summed E-state index contributed by atoms with van der Waals surface area (Å²) < 4.78 is 5.12. The van der Waals surface area contributed by atoms with Gasteiger partial charge < -0.3 is 20.5 Å². The molecule has 0 aliphatic rings. The van der Waals surface area contributed by atoms with Gasteiger partial charge in [-0.05, 0) is 41.0 Å². The molecule has 0 heterocycles. The lowest BCUT2D eigenvalue weighted by atomic mass is 10.1. The van der Waals surface area contributed by atoms with E-state index in [0.717, 1.165) is 0 Å². The molecule has 0 aromatic rings. The predicted octanol–water partition coefficient (Wildman–Crippen LogP) is 1.74. The molecule has 6 heteroatoms. The number of carboxylic acid groups (broad SMARTS) is 1. The van der Waals surface area contributed by atoms with Gasteiger partial charge in [-0.15, -0.1) is 0 Å². The summed E-state index contributed by atoms with van der Waals surface area (Å²) >= 11 is 0. The third kappa shape index (κ3) is 11.5. The number of hydrogen-bond donors (Lipinski definition) is 3. The number of alkyl carbamates (subject to hydrolysis) is 1. The normalized spacial score (nSPS) is 14.6. The van der Waals surface area contributed by atoms with Crippen LogP contribution in [0.25, 0.3) is 0 Å². The largest absolute Gasteiger partial charge is 0.481 e. The van der Waals surface area contributed by atoms with Gasteiger partial charge in [-0.2, -0.15) is 0 Å². The lowest BCUT2D eigenvalue weighted by Gasteiger charge is -2.22. The van der Waals surface area contributed by atoms with Crippen LogP contribution >= 0.6 is 0 Å². The summed E-state index contributed by atoms with van der Waals surface area (Å²) in [6.07, 6.45) is 0.256. The summed E-state index contributed by atoms with van der Waals surface area (Å²) in [6.45, 7) is 9.71. The molecule has 112 valence electrons. The molecule has 0 aromatic carbocycles. The molecule has 6 nitrogen and oxygen atoms in total. The third-order valence-corrected chi connectivity index (χ3v) is 2.31. The van der Waals surface area contributed by atoms with Crippen LogP contribution < -0.4 is 10.6 Å². The predicted molar refractivity (Wildman–Crippen MR) is 73.2 cm³/mol. The van der Waals surface area contributed by atoms with Crippen LogP contribution in [0.3, 0.4) is 0 Å². The molecular weight excluding hydrogens is 248 g/mol. The number of ether oxygens (including phenoxy) is 1. The van der Waals surface area contributed by atoms with E-state index in [0.29, 0.717) is 13.0 Å². The Bertz CT molecular complexity index is 300. The van der Waals surface area contributed by atoms with Gasteiger partial charge >= 0.3 is 12.1 Å². The molecule has 0 spiro atoms. The van der Waals surface area contributed by atoms with Crippen molar-refractivity contribution in [2.45, 2.75) is 65.1 Å². The van der Waals surface area contributed by atoms with Gasteiger partial charge in [0.2, 0.25) is 0 Å². The number of carboxylic acids is 1. The maximum Gasteiger partial charge on any atom is 0.407 e. The molecule has 1 amide bonds. The maximum absolute atomic E-state index is 11.4. The van der Waals surface area contributed by atoms with Crippen LogP contribution in [-0.2, 0) is 9.53 Å². The number of carbonyl (C=O) groups is 2. The highest BCUT2D eigenvalue weighted by molar-refractivity contribution is 5.67. The van der Waals surface area contributed by atoms with Crippen molar-refractivity contribution in [3.05, 3.63) is 0 Å². The average Bonchev–Trinajstić information content (AvgIpc) is 2.21. The molecule has 0 fully saturated rings. The Kier molecular flexibility index (Phi) is 7.44. The number of hydrogen-bond acceptors (Lipinski definition) is 4. The summed E-state index contributed by atoms with van der Waals surface area (Å²) in [7, 11) is 0. The summed E-state index contributed by atoms with van der Waals surface area (Å²) in [6, 6.07) is 0.142. The van der Waals surface area contributed by atoms with Gasteiger partial charge in [0, 0.05) is 25.0 Å². The summed E-state index contributed by atoms with van der Waals surface area (Å²) in [5, 5.41) is 14.5. The van der Waals surface area contributed by atoms with E-state index in [4.69, 9.17) is 9.84 Å². The Morgan fingerprint density at radius 2 is 1.79 bits per heavy atom. The molecule has 0 saturated heterocycles. The van der Waals surface area contributed by atoms with Crippen molar-refractivity contribution >= 4 is 12.1 Å². The minimum Gasteiger partial charge on any atom is -0.481 e. The van der Waals surface area contributed by atoms with Crippen molar-refractivity contribution in [1.82, 2.24) is 10.6 Å². The van der Waals surface area contributed by atoms with Gasteiger partial charge in [0.25, 0.3) is 0 Å². The number of amides is 1. The first-order valence-corrected chi connectivity index (χ1v) is 6.55. The van der Waals surface area contributed by atoms with E-state index in [9.17, 15) is 9.59 Å². The lowest BCUT2D eigenvalue weighted by molar-refractivity contribution is -0.137. The van der Waals surface area contributed by atoms with Gasteiger partial charge in [0.15, 0.2) is 0 Å². The van der Waals surface area contributed by atoms with Crippen LogP contribution in [-0.4, -0.2) is 41.4 Å². The fourth-order valence-corrected chi connectivity index (χ4v) is 1.52. The van der Waals surface area contributed by atoms with Crippen molar-refractivity contribution in [1.29, 1.82) is 0 Å². The molecule has 0 aliphatic heterocycles. The Labute approximate surface area is 114 Å². The molecular formula is C13H26N2O4. The van der Waals surface area contributed by atoms with Crippen LogP contribution in [0, 0.1) is 0 Å². The first-order chi connectivity index (χ1) is 8.60. The summed E-state index contributed by atoms with van der Waals surface area (Å²) in [4.78, 5) is 21.9. The Hall–Kier alpha value is -1.30. The molecule has 2 atom stereocenters. The van der Waals surface area contributed by atoms with Crippen LogP contribution in [0.5, 0.6) is 0 Å². The van der Waals surface area contributed by atoms with Crippen molar-refractivity contribution in [3.63, 3.8) is 0 Å². The van der Waals surface area contributed by atoms with E-state index >= 15 is 0 Å². The monoisotopic (exact) mass is 274 g/mol. The van der Waals surface area contributed by atoms with Crippen molar-refractivity contribution < 1.29 is 19.4 Å². The van der Waals surface area contributed by atoms with E-state index in [1.165, 1.54) is 0 Å². The molecule has 3 N–H and O–H groups in total. The highest BCUT2D eigenvalue weighted by atomic mass is 16.6. The van der Waals surface area contributed by atoms with Crippen LogP contribution in [0.1, 0.15) is 47.5 Å². The van der Waals surface area contributed by atoms with Crippen LogP contribution in [0.4, 0.5) is 4.79 Å². The van der Waals surface area contributed by atoms with E-state index in [2.05, 4.69) is 10.6 Å². The Balaban J connectivity index is 3.83. The number of aliphatic carboxylic acids is 1. The van der Waals surface area contributed by atoms with Gasteiger partial charge in [-0.3, -0.25) is 4.79 Å². The van der Waals surface area contributed by atoms with Crippen LogP contribution in [0.2, 0.25) is 0 Å². The second-order valence-corrected chi connectivity index (χ2v) is 5.78. The summed E-state index contributed by atoms with van der Waals surface area (Å²) in [5.41, 5.74) is -0.504. The molecule has 0 saturated carbocycles. The highest BCUT2D eigenvalue weighted by Gasteiger charge is 2.16. The van der Waals surface area contributed by atoms with Crippen molar-refractivity contribution in [2.75, 3.05) is 6.54 Å². The first kappa shape index (κ1) is 17.7. The quantitative estimate of drug-likeness (QED) is 0.658. The molecule has 0 aliphatic carbocycles. The Morgan fingerprint density at radius 1 is 1.21 bits per heavy atom. The molecule has 0 bridgehead atoms. The zero-order valence-electron chi connectivity index (χ0n) is 12.4. The second-order valence-electron chi connectivity index (χ2n) is 5.78. The van der Waals surface area contributed by atoms with E-state index < -0.39 is 17.7 Å². The maximum atomic E-state index is 11.4. The minimum atomic E-state index is -0.798. The standard InChI is InChI=1S/C13H26N2O4/c1-9(6-7-11(16)17)15-10(2)8-14-12(18)19-13(3,4)5/h9-10,15H,6-8H2,1-5H3,(H,14,18)(H,16,17). The number of rotatable bonds is 7. The molecule has 19 heavy (non-hydrogen) atoms. The van der Waals surface area contributed by atoms with E-state index in [1.54, 1.807) is 0 Å². The van der Waals surface area contributed by atoms with Crippen LogP contribution in [0.15, 0.2) is 0 Å². The Morgan fingerprint density at radius 3 is 2.26 bits per heavy atom. The summed E-state index contributed by atoms with van der Waals surface area (Å²) in [5.74, 6) is -0.798. The van der Waals surface area contributed by atoms with Crippen molar-refractivity contribution in [3.8, 4) is 0 Å². The van der Waals surface area contributed by atoms with Gasteiger partial charge in [0.1, 0.15) is 5.60 Å². The lowest BCUT2D eigenvalue weighted by Crippen LogP contribution is -2.44. The minimum absolute atomic E-state index is 0.0521. The molecule has 0 radical (unpaired) electrons. The molecule has 0 aromatic heterocycles. The number of carbonyl (C=O) groups excluding carboxylic acids is 1. The first-order valence-electron chi connectivity index (χ1n) is 6.55. The van der Waals surface area contributed by atoms with Gasteiger partial charge in [0.05, 0.1) is 0 Å². The molecule has 2 unspecified atom stereocenters. The fraction of sp³-hybridized carbons (Fsp3) is 0.846. The fourth-order valence-electron chi connectivity index (χ4n) is 1.52. The third-order valence-electron chi connectivity index (χ3n) is 2.31. The SMILES string of the molecule is CC(CCC(=O)O)NC(C)CNC(=O)OC(C)(C)C. The van der Waals surface area contributed by atoms with E-state index in [1.807, 2.05) is 34.6 Å². The highest BCUT2D eigenvalue weighted by Crippen LogP contribution is 2.06. The zero-order valence-corrected chi connectivity index (χ0v) is 12.4. The smallest absolute Gasteiger partial charge is 0.407 e.